The monoisotopic (exact) mass is 300 g/mol. The van der Waals surface area contributed by atoms with E-state index in [4.69, 9.17) is 0 Å². The molecule has 0 aromatic heterocycles. The summed E-state index contributed by atoms with van der Waals surface area (Å²) in [5, 5.41) is 3.63. The number of nitrogens with one attached hydrogen (secondary N) is 1. The van der Waals surface area contributed by atoms with Gasteiger partial charge in [0, 0.05) is 13.1 Å². The number of rotatable bonds is 7. The molecule has 1 aromatic rings. The fraction of sp³-hybridized carbons (Fsp3) is 0.700. The maximum absolute atomic E-state index is 3.63. The molecule has 1 aliphatic carbocycles. The first-order valence-corrected chi connectivity index (χ1v) is 9.41. The summed E-state index contributed by atoms with van der Waals surface area (Å²) in [5.74, 6) is 0.990. The summed E-state index contributed by atoms with van der Waals surface area (Å²) >= 11 is 0. The van der Waals surface area contributed by atoms with Gasteiger partial charge in [0.05, 0.1) is 0 Å². The van der Waals surface area contributed by atoms with Gasteiger partial charge in [0.1, 0.15) is 0 Å². The van der Waals surface area contributed by atoms with Crippen LogP contribution in [0, 0.1) is 5.92 Å². The minimum Gasteiger partial charge on any atom is -0.313 e. The molecule has 3 rings (SSSR count). The molecule has 2 heteroatoms. The van der Waals surface area contributed by atoms with Gasteiger partial charge in [-0.3, -0.25) is 4.90 Å². The Bertz CT molecular complexity index is 414. The van der Waals surface area contributed by atoms with Crippen LogP contribution in [0.5, 0.6) is 0 Å². The van der Waals surface area contributed by atoms with Crippen molar-refractivity contribution in [2.75, 3.05) is 19.6 Å². The first-order chi connectivity index (χ1) is 10.9. The van der Waals surface area contributed by atoms with Crippen molar-refractivity contribution in [3.8, 4) is 0 Å². The number of hydrogen-bond donors (Lipinski definition) is 1. The molecule has 0 atom stereocenters. The quantitative estimate of drug-likeness (QED) is 0.753. The zero-order valence-electron chi connectivity index (χ0n) is 14.0. The molecule has 1 aliphatic heterocycles. The van der Waals surface area contributed by atoms with Gasteiger partial charge in [-0.25, -0.2) is 0 Å². The van der Waals surface area contributed by atoms with Crippen LogP contribution < -0.4 is 5.32 Å². The fourth-order valence-electron chi connectivity index (χ4n) is 3.98. The summed E-state index contributed by atoms with van der Waals surface area (Å²) in [6, 6.07) is 9.24. The lowest BCUT2D eigenvalue weighted by atomic mass is 9.87. The van der Waals surface area contributed by atoms with Gasteiger partial charge in [0.25, 0.3) is 0 Å². The molecule has 0 bridgehead atoms. The van der Waals surface area contributed by atoms with E-state index in [0.717, 1.165) is 19.0 Å². The molecular weight excluding hydrogens is 268 g/mol. The highest BCUT2D eigenvalue weighted by molar-refractivity contribution is 5.22. The van der Waals surface area contributed by atoms with Gasteiger partial charge in [-0.05, 0) is 55.9 Å². The van der Waals surface area contributed by atoms with E-state index < -0.39 is 0 Å². The molecule has 2 nitrogen and oxygen atoms in total. The van der Waals surface area contributed by atoms with Gasteiger partial charge in [-0.2, -0.15) is 0 Å². The molecular formula is C20H32N2. The zero-order chi connectivity index (χ0) is 15.0. The van der Waals surface area contributed by atoms with Crippen LogP contribution >= 0.6 is 0 Å². The Hall–Kier alpha value is -0.860. The Kier molecular flexibility index (Phi) is 6.32. The average Bonchev–Trinajstić information content (AvgIpc) is 3.07. The highest BCUT2D eigenvalue weighted by Crippen LogP contribution is 2.25. The molecule has 0 amide bonds. The first-order valence-electron chi connectivity index (χ1n) is 9.41. The lowest BCUT2D eigenvalue weighted by molar-refractivity contribution is 0.331. The zero-order valence-corrected chi connectivity index (χ0v) is 14.0. The van der Waals surface area contributed by atoms with Crippen molar-refractivity contribution in [1.29, 1.82) is 0 Å². The predicted molar refractivity (Wildman–Crippen MR) is 93.9 cm³/mol. The first kappa shape index (κ1) is 16.0. The van der Waals surface area contributed by atoms with Gasteiger partial charge < -0.3 is 5.32 Å². The lowest BCUT2D eigenvalue weighted by Crippen LogP contribution is -2.19. The third kappa shape index (κ3) is 5.10. The van der Waals surface area contributed by atoms with Crippen LogP contribution in [0.3, 0.4) is 0 Å². The lowest BCUT2D eigenvalue weighted by Gasteiger charge is -2.21. The van der Waals surface area contributed by atoms with E-state index in [1.54, 1.807) is 0 Å². The Morgan fingerprint density at radius 3 is 2.27 bits per heavy atom. The second kappa shape index (κ2) is 8.69. The summed E-state index contributed by atoms with van der Waals surface area (Å²) in [6.07, 6.45) is 11.4. The van der Waals surface area contributed by atoms with Crippen LogP contribution in [0.2, 0.25) is 0 Å². The van der Waals surface area contributed by atoms with Crippen molar-refractivity contribution in [3.05, 3.63) is 35.4 Å². The average molecular weight is 300 g/mol. The standard InChI is InChI=1S/C20H32N2/c1-2-6-18(7-3-1)12-13-21-16-19-8-10-20(11-9-19)17-22-14-4-5-15-22/h8-11,18,21H,1-7,12-17H2. The van der Waals surface area contributed by atoms with E-state index in [2.05, 4.69) is 34.5 Å². The third-order valence-electron chi connectivity index (χ3n) is 5.41. The molecule has 1 aromatic carbocycles. The summed E-state index contributed by atoms with van der Waals surface area (Å²) in [7, 11) is 0. The second-order valence-electron chi connectivity index (χ2n) is 7.27. The Morgan fingerprint density at radius 2 is 1.55 bits per heavy atom. The molecule has 2 aliphatic rings. The van der Waals surface area contributed by atoms with E-state index in [9.17, 15) is 0 Å². The SMILES string of the molecule is c1cc(CN2CCCC2)ccc1CNCCC1CCCCC1. The number of benzene rings is 1. The smallest absolute Gasteiger partial charge is 0.0233 e. The van der Waals surface area contributed by atoms with E-state index in [-0.39, 0.29) is 0 Å². The molecule has 22 heavy (non-hydrogen) atoms. The van der Waals surface area contributed by atoms with E-state index in [1.807, 2.05) is 0 Å². The van der Waals surface area contributed by atoms with Crippen LogP contribution in [-0.4, -0.2) is 24.5 Å². The van der Waals surface area contributed by atoms with Crippen LogP contribution in [0.25, 0.3) is 0 Å². The van der Waals surface area contributed by atoms with Crippen molar-refractivity contribution in [1.82, 2.24) is 10.2 Å². The van der Waals surface area contributed by atoms with Gasteiger partial charge in [0.2, 0.25) is 0 Å². The van der Waals surface area contributed by atoms with Gasteiger partial charge in [-0.15, -0.1) is 0 Å². The number of likely N-dealkylation sites (tertiary alicyclic amines) is 1. The summed E-state index contributed by atoms with van der Waals surface area (Å²) in [5.41, 5.74) is 2.89. The molecule has 1 saturated heterocycles. The molecule has 0 spiro atoms. The summed E-state index contributed by atoms with van der Waals surface area (Å²) in [6.45, 7) is 5.90. The third-order valence-corrected chi connectivity index (χ3v) is 5.41. The van der Waals surface area contributed by atoms with Crippen molar-refractivity contribution in [2.24, 2.45) is 5.92 Å². The van der Waals surface area contributed by atoms with Crippen molar-refractivity contribution in [3.63, 3.8) is 0 Å². The number of nitrogens with zero attached hydrogens (tertiary/aromatic N) is 1. The van der Waals surface area contributed by atoms with E-state index >= 15 is 0 Å². The number of hydrogen-bond acceptors (Lipinski definition) is 2. The Morgan fingerprint density at radius 1 is 0.864 bits per heavy atom. The summed E-state index contributed by atoms with van der Waals surface area (Å²) < 4.78 is 0. The van der Waals surface area contributed by atoms with E-state index in [0.29, 0.717) is 0 Å². The Balaban J connectivity index is 1.33. The van der Waals surface area contributed by atoms with Crippen molar-refractivity contribution >= 4 is 0 Å². The highest BCUT2D eigenvalue weighted by atomic mass is 15.1. The van der Waals surface area contributed by atoms with Crippen LogP contribution in [0.4, 0.5) is 0 Å². The maximum Gasteiger partial charge on any atom is 0.0233 e. The molecule has 1 N–H and O–H groups in total. The van der Waals surface area contributed by atoms with Gasteiger partial charge >= 0.3 is 0 Å². The molecule has 122 valence electrons. The maximum atomic E-state index is 3.63. The molecule has 2 fully saturated rings. The normalized spacial score (nSPS) is 20.5. The molecule has 1 heterocycles. The van der Waals surface area contributed by atoms with Gasteiger partial charge in [-0.1, -0.05) is 56.4 Å². The molecule has 0 radical (unpaired) electrons. The molecule has 1 saturated carbocycles. The fourth-order valence-corrected chi connectivity index (χ4v) is 3.98. The topological polar surface area (TPSA) is 15.3 Å². The summed E-state index contributed by atoms with van der Waals surface area (Å²) in [4.78, 5) is 2.57. The predicted octanol–water partition coefficient (Wildman–Crippen LogP) is 4.34. The minimum absolute atomic E-state index is 0.990. The van der Waals surface area contributed by atoms with Crippen LogP contribution in [0.15, 0.2) is 24.3 Å². The van der Waals surface area contributed by atoms with Crippen molar-refractivity contribution < 1.29 is 0 Å². The largest absolute Gasteiger partial charge is 0.313 e. The van der Waals surface area contributed by atoms with Crippen LogP contribution in [-0.2, 0) is 13.1 Å². The van der Waals surface area contributed by atoms with Crippen LogP contribution in [0.1, 0.15) is 62.5 Å². The van der Waals surface area contributed by atoms with E-state index in [1.165, 1.54) is 82.1 Å². The molecule has 0 unspecified atom stereocenters. The van der Waals surface area contributed by atoms with Gasteiger partial charge in [0.15, 0.2) is 0 Å². The Labute approximate surface area is 136 Å². The highest BCUT2D eigenvalue weighted by Gasteiger charge is 2.13. The second-order valence-corrected chi connectivity index (χ2v) is 7.27. The van der Waals surface area contributed by atoms with Crippen molar-refractivity contribution in [2.45, 2.75) is 64.5 Å². The minimum atomic E-state index is 0.990.